The summed E-state index contributed by atoms with van der Waals surface area (Å²) in [6.07, 6.45) is 6.76. The first-order valence-electron chi connectivity index (χ1n) is 5.09. The molecule has 74 valence electrons. The highest BCUT2D eigenvalue weighted by molar-refractivity contribution is 5.06. The molecular weight excluding hydrogens is 160 g/mol. The van der Waals surface area contributed by atoms with Gasteiger partial charge in [0.1, 0.15) is 0 Å². The maximum absolute atomic E-state index is 9.83. The van der Waals surface area contributed by atoms with E-state index >= 15 is 0 Å². The van der Waals surface area contributed by atoms with Gasteiger partial charge in [-0.1, -0.05) is 24.6 Å². The molecule has 0 aromatic carbocycles. The number of aliphatic hydroxyl groups is 1. The minimum Gasteiger partial charge on any atom is -0.392 e. The van der Waals surface area contributed by atoms with E-state index < -0.39 is 0 Å². The van der Waals surface area contributed by atoms with Gasteiger partial charge in [0.05, 0.1) is 6.10 Å². The standard InChI is InChI=1S/C12H20O/c1-4-5-12(13)11-7-6-9(2)8-10(11)3/h4,6,10-13H,1,5,7-8H2,2-3H3. The molecule has 13 heavy (non-hydrogen) atoms. The first-order valence-corrected chi connectivity index (χ1v) is 5.09. The van der Waals surface area contributed by atoms with Crippen LogP contribution in [0.4, 0.5) is 0 Å². The van der Waals surface area contributed by atoms with Gasteiger partial charge in [0, 0.05) is 0 Å². The van der Waals surface area contributed by atoms with E-state index in [9.17, 15) is 5.11 Å². The molecule has 1 nitrogen and oxygen atoms in total. The normalized spacial score (nSPS) is 30.8. The predicted octanol–water partition coefficient (Wildman–Crippen LogP) is 2.92. The molecule has 1 heteroatoms. The Bertz CT molecular complexity index is 205. The van der Waals surface area contributed by atoms with Crippen LogP contribution in [0, 0.1) is 11.8 Å². The summed E-state index contributed by atoms with van der Waals surface area (Å²) < 4.78 is 0. The maximum atomic E-state index is 9.83. The van der Waals surface area contributed by atoms with Crippen LogP contribution < -0.4 is 0 Å². The summed E-state index contributed by atoms with van der Waals surface area (Å²) in [7, 11) is 0. The molecule has 0 heterocycles. The zero-order chi connectivity index (χ0) is 9.84. The van der Waals surface area contributed by atoms with E-state index in [4.69, 9.17) is 0 Å². The molecule has 0 aromatic heterocycles. The Balaban J connectivity index is 2.55. The van der Waals surface area contributed by atoms with Crippen LogP contribution in [0.3, 0.4) is 0 Å². The predicted molar refractivity (Wildman–Crippen MR) is 56.5 cm³/mol. The molecule has 1 aliphatic carbocycles. The van der Waals surface area contributed by atoms with Gasteiger partial charge < -0.3 is 5.11 Å². The van der Waals surface area contributed by atoms with Gasteiger partial charge in [0.15, 0.2) is 0 Å². The first-order chi connectivity index (χ1) is 6.15. The van der Waals surface area contributed by atoms with E-state index in [-0.39, 0.29) is 6.10 Å². The highest BCUT2D eigenvalue weighted by Gasteiger charge is 2.26. The first kappa shape index (κ1) is 10.5. The Labute approximate surface area is 81.2 Å². The van der Waals surface area contributed by atoms with Crippen molar-refractivity contribution in [2.24, 2.45) is 11.8 Å². The third kappa shape index (κ3) is 2.70. The van der Waals surface area contributed by atoms with Gasteiger partial charge in [-0.25, -0.2) is 0 Å². The van der Waals surface area contributed by atoms with Crippen LogP contribution in [0.1, 0.15) is 33.1 Å². The molecule has 3 unspecified atom stereocenters. The van der Waals surface area contributed by atoms with Crippen molar-refractivity contribution in [1.82, 2.24) is 0 Å². The molecule has 1 rings (SSSR count). The average Bonchev–Trinajstić information content (AvgIpc) is 2.04. The molecule has 0 aromatic rings. The van der Waals surface area contributed by atoms with Crippen LogP contribution >= 0.6 is 0 Å². The second-order valence-corrected chi connectivity index (χ2v) is 4.22. The van der Waals surface area contributed by atoms with Gasteiger partial charge in [-0.15, -0.1) is 6.58 Å². The molecule has 1 aliphatic rings. The monoisotopic (exact) mass is 180 g/mol. The Morgan fingerprint density at radius 1 is 1.77 bits per heavy atom. The summed E-state index contributed by atoms with van der Waals surface area (Å²) in [5.74, 6) is 1.04. The average molecular weight is 180 g/mol. The SMILES string of the molecule is C=CCC(O)C1CC=C(C)CC1C. The summed E-state index contributed by atoms with van der Waals surface area (Å²) in [5, 5.41) is 9.83. The van der Waals surface area contributed by atoms with Crippen LogP contribution in [-0.4, -0.2) is 11.2 Å². The van der Waals surface area contributed by atoms with Gasteiger partial charge >= 0.3 is 0 Å². The van der Waals surface area contributed by atoms with Crippen molar-refractivity contribution in [1.29, 1.82) is 0 Å². The Morgan fingerprint density at radius 3 is 3.00 bits per heavy atom. The highest BCUT2D eigenvalue weighted by atomic mass is 16.3. The van der Waals surface area contributed by atoms with E-state index in [0.717, 1.165) is 19.3 Å². The van der Waals surface area contributed by atoms with Crippen molar-refractivity contribution in [2.45, 2.75) is 39.2 Å². The fourth-order valence-electron chi connectivity index (χ4n) is 2.19. The maximum Gasteiger partial charge on any atom is 0.0608 e. The van der Waals surface area contributed by atoms with Gasteiger partial charge in [0.2, 0.25) is 0 Å². The van der Waals surface area contributed by atoms with Crippen molar-refractivity contribution in [2.75, 3.05) is 0 Å². The van der Waals surface area contributed by atoms with Crippen LogP contribution in [0.5, 0.6) is 0 Å². The third-order valence-electron chi connectivity index (χ3n) is 3.02. The molecule has 0 radical (unpaired) electrons. The molecule has 0 saturated carbocycles. The smallest absolute Gasteiger partial charge is 0.0608 e. The molecule has 0 saturated heterocycles. The molecule has 0 spiro atoms. The van der Waals surface area contributed by atoms with E-state index in [1.54, 1.807) is 0 Å². The third-order valence-corrected chi connectivity index (χ3v) is 3.02. The lowest BCUT2D eigenvalue weighted by atomic mass is 9.77. The Kier molecular flexibility index (Phi) is 3.73. The molecule has 1 N–H and O–H groups in total. The lowest BCUT2D eigenvalue weighted by Crippen LogP contribution is -2.28. The lowest BCUT2D eigenvalue weighted by Gasteiger charge is -2.31. The van der Waals surface area contributed by atoms with Crippen molar-refractivity contribution < 1.29 is 5.11 Å². The van der Waals surface area contributed by atoms with Gasteiger partial charge in [-0.05, 0) is 38.0 Å². The second kappa shape index (κ2) is 4.61. The van der Waals surface area contributed by atoms with Crippen LogP contribution in [0.15, 0.2) is 24.3 Å². The molecule has 0 aliphatic heterocycles. The van der Waals surface area contributed by atoms with Crippen molar-refractivity contribution in [3.05, 3.63) is 24.3 Å². The summed E-state index contributed by atoms with van der Waals surface area (Å²) in [6, 6.07) is 0. The van der Waals surface area contributed by atoms with Gasteiger partial charge in [-0.3, -0.25) is 0 Å². The zero-order valence-electron chi connectivity index (χ0n) is 8.66. The molecule has 0 amide bonds. The summed E-state index contributed by atoms with van der Waals surface area (Å²) in [5.41, 5.74) is 1.47. The fraction of sp³-hybridized carbons (Fsp3) is 0.667. The highest BCUT2D eigenvalue weighted by Crippen LogP contribution is 2.32. The minimum absolute atomic E-state index is 0.197. The molecule has 3 atom stereocenters. The molecule has 0 bridgehead atoms. The number of rotatable bonds is 3. The number of allylic oxidation sites excluding steroid dienone is 2. The zero-order valence-corrected chi connectivity index (χ0v) is 8.66. The largest absolute Gasteiger partial charge is 0.392 e. The van der Waals surface area contributed by atoms with Crippen LogP contribution in [0.2, 0.25) is 0 Å². The van der Waals surface area contributed by atoms with Gasteiger partial charge in [-0.2, -0.15) is 0 Å². The number of aliphatic hydroxyl groups excluding tert-OH is 1. The summed E-state index contributed by atoms with van der Waals surface area (Å²) in [6.45, 7) is 8.06. The Morgan fingerprint density at radius 2 is 2.46 bits per heavy atom. The van der Waals surface area contributed by atoms with Crippen molar-refractivity contribution in [3.8, 4) is 0 Å². The van der Waals surface area contributed by atoms with Crippen molar-refractivity contribution >= 4 is 0 Å². The van der Waals surface area contributed by atoms with E-state index in [2.05, 4.69) is 26.5 Å². The summed E-state index contributed by atoms with van der Waals surface area (Å²) in [4.78, 5) is 0. The Hall–Kier alpha value is -0.560. The van der Waals surface area contributed by atoms with E-state index in [1.165, 1.54) is 5.57 Å². The molecule has 0 fully saturated rings. The fourth-order valence-corrected chi connectivity index (χ4v) is 2.19. The quantitative estimate of drug-likeness (QED) is 0.662. The number of hydrogen-bond donors (Lipinski definition) is 1. The lowest BCUT2D eigenvalue weighted by molar-refractivity contribution is 0.0769. The van der Waals surface area contributed by atoms with Crippen LogP contribution in [-0.2, 0) is 0 Å². The minimum atomic E-state index is -0.197. The summed E-state index contributed by atoms with van der Waals surface area (Å²) >= 11 is 0. The second-order valence-electron chi connectivity index (χ2n) is 4.22. The topological polar surface area (TPSA) is 20.2 Å². The van der Waals surface area contributed by atoms with Crippen LogP contribution in [0.25, 0.3) is 0 Å². The number of hydrogen-bond acceptors (Lipinski definition) is 1. The van der Waals surface area contributed by atoms with Gasteiger partial charge in [0.25, 0.3) is 0 Å². The van der Waals surface area contributed by atoms with Crippen molar-refractivity contribution in [3.63, 3.8) is 0 Å². The molecular formula is C12H20O. The van der Waals surface area contributed by atoms with E-state index in [0.29, 0.717) is 11.8 Å². The van der Waals surface area contributed by atoms with E-state index in [1.807, 2.05) is 6.08 Å².